The summed E-state index contributed by atoms with van der Waals surface area (Å²) in [6.07, 6.45) is 0. The second-order valence-corrected chi connectivity index (χ2v) is 2.08. The smallest absolute Gasteiger partial charge is 0.318 e. The van der Waals surface area contributed by atoms with Gasteiger partial charge in [0.2, 0.25) is 0 Å². The van der Waals surface area contributed by atoms with Crippen LogP contribution < -0.4 is 5.32 Å². The highest BCUT2D eigenvalue weighted by Crippen LogP contribution is 2.07. The second kappa shape index (κ2) is 1.82. The molecule has 1 saturated heterocycles. The third-order valence-corrected chi connectivity index (χ3v) is 1.16. The highest BCUT2D eigenvalue weighted by Gasteiger charge is 2.23. The molecule has 1 unspecified atom stereocenters. The zero-order valence-electron chi connectivity index (χ0n) is 4.39. The number of amides is 2. The molecule has 1 aliphatic heterocycles. The van der Waals surface area contributed by atoms with Gasteiger partial charge in [0, 0.05) is 7.05 Å². The van der Waals surface area contributed by atoms with Crippen molar-refractivity contribution in [3.05, 3.63) is 6.54 Å². The number of nitrogens with zero attached hydrogens (tertiary/aromatic N) is 1. The van der Waals surface area contributed by atoms with Crippen molar-refractivity contribution in [1.82, 2.24) is 10.2 Å². The Bertz CT molecular complexity index is 117. The molecule has 2 amide bonds. The molecule has 1 fully saturated rings. The van der Waals surface area contributed by atoms with Gasteiger partial charge in [-0.2, -0.15) is 0 Å². The van der Waals surface area contributed by atoms with Gasteiger partial charge >= 0.3 is 6.03 Å². The predicted molar refractivity (Wildman–Crippen MR) is 30.2 cm³/mol. The minimum atomic E-state index is -0.326. The van der Waals surface area contributed by atoms with Crippen LogP contribution in [0.3, 0.4) is 0 Å². The van der Waals surface area contributed by atoms with Crippen LogP contribution in [-0.2, 0) is 0 Å². The molecule has 45 valence electrons. The van der Waals surface area contributed by atoms with Gasteiger partial charge in [-0.05, 0) is 0 Å². The molecule has 1 atom stereocenters. The van der Waals surface area contributed by atoms with Crippen LogP contribution in [0.2, 0.25) is 0 Å². The molecule has 1 N–H and O–H groups in total. The van der Waals surface area contributed by atoms with Crippen LogP contribution in [0.15, 0.2) is 0 Å². The van der Waals surface area contributed by atoms with Crippen molar-refractivity contribution in [2.24, 2.45) is 0 Å². The Morgan fingerprint density at radius 3 is 2.75 bits per heavy atom. The third kappa shape index (κ3) is 0.865. The summed E-state index contributed by atoms with van der Waals surface area (Å²) in [5, 5.41) is 2.46. The lowest BCUT2D eigenvalue weighted by atomic mass is 10.6. The van der Waals surface area contributed by atoms with Crippen molar-refractivity contribution >= 4 is 17.6 Å². The molecular weight excluding hydrogens is 128 g/mol. The van der Waals surface area contributed by atoms with E-state index in [1.807, 2.05) is 0 Å². The standard InChI is InChI=1S/C4H6ClN2O/c1-7-2-3(5)6-4(7)8/h2-3H,1H3,(H,6,8). The Balaban J connectivity index is 2.51. The maximum absolute atomic E-state index is 10.5. The average molecular weight is 134 g/mol. The van der Waals surface area contributed by atoms with Gasteiger partial charge in [0.05, 0.1) is 6.54 Å². The summed E-state index contributed by atoms with van der Waals surface area (Å²) in [5.74, 6) is 0. The van der Waals surface area contributed by atoms with Crippen LogP contribution in [0.5, 0.6) is 0 Å². The molecule has 0 aromatic rings. The quantitative estimate of drug-likeness (QED) is 0.376. The van der Waals surface area contributed by atoms with Crippen LogP contribution in [0.1, 0.15) is 0 Å². The lowest BCUT2D eigenvalue weighted by molar-refractivity contribution is 0.229. The number of carbonyl (C=O) groups excluding carboxylic acids is 1. The summed E-state index contributed by atoms with van der Waals surface area (Å²) < 4.78 is 0. The van der Waals surface area contributed by atoms with E-state index in [0.29, 0.717) is 0 Å². The van der Waals surface area contributed by atoms with Gasteiger partial charge in [0.1, 0.15) is 5.50 Å². The van der Waals surface area contributed by atoms with Crippen molar-refractivity contribution in [2.75, 3.05) is 7.05 Å². The van der Waals surface area contributed by atoms with Crippen LogP contribution in [0.4, 0.5) is 4.79 Å². The molecule has 0 spiro atoms. The number of hydrogen-bond donors (Lipinski definition) is 1. The van der Waals surface area contributed by atoms with Gasteiger partial charge in [-0.15, -0.1) is 0 Å². The van der Waals surface area contributed by atoms with Crippen molar-refractivity contribution in [1.29, 1.82) is 0 Å². The minimum Gasteiger partial charge on any atom is -0.320 e. The first-order chi connectivity index (χ1) is 3.70. The van der Waals surface area contributed by atoms with Gasteiger partial charge in [-0.1, -0.05) is 11.6 Å². The van der Waals surface area contributed by atoms with Crippen LogP contribution in [0.25, 0.3) is 0 Å². The molecule has 4 heteroatoms. The summed E-state index contributed by atoms with van der Waals surface area (Å²) in [5.41, 5.74) is -0.326. The number of hydrogen-bond acceptors (Lipinski definition) is 1. The topological polar surface area (TPSA) is 32.3 Å². The predicted octanol–water partition coefficient (Wildman–Crippen LogP) is 0.368. The van der Waals surface area contributed by atoms with E-state index in [1.54, 1.807) is 13.6 Å². The molecule has 0 aliphatic carbocycles. The number of likely N-dealkylation sites (N-methyl/N-ethyl adjacent to an activating group) is 1. The van der Waals surface area contributed by atoms with Crippen molar-refractivity contribution < 1.29 is 4.79 Å². The fraction of sp³-hybridized carbons (Fsp3) is 0.500. The van der Waals surface area contributed by atoms with Gasteiger partial charge in [-0.3, -0.25) is 0 Å². The molecule has 3 nitrogen and oxygen atoms in total. The maximum Gasteiger partial charge on any atom is 0.318 e. The largest absolute Gasteiger partial charge is 0.320 e. The normalized spacial score (nSPS) is 28.5. The van der Waals surface area contributed by atoms with E-state index < -0.39 is 0 Å². The molecule has 8 heavy (non-hydrogen) atoms. The SMILES string of the molecule is CN1[CH]C(Cl)NC1=O. The minimum absolute atomic E-state index is 0.148. The zero-order chi connectivity index (χ0) is 6.15. The molecule has 0 bridgehead atoms. The first-order valence-electron chi connectivity index (χ1n) is 2.22. The lowest BCUT2D eigenvalue weighted by Crippen LogP contribution is -2.24. The first kappa shape index (κ1) is 5.69. The lowest BCUT2D eigenvalue weighted by Gasteiger charge is -2.00. The summed E-state index contributed by atoms with van der Waals surface area (Å²) in [4.78, 5) is 11.9. The van der Waals surface area contributed by atoms with E-state index in [0.717, 1.165) is 0 Å². The van der Waals surface area contributed by atoms with Crippen molar-refractivity contribution in [3.8, 4) is 0 Å². The van der Waals surface area contributed by atoms with E-state index in [9.17, 15) is 4.79 Å². The number of nitrogens with one attached hydrogen (secondary N) is 1. The molecule has 0 aromatic carbocycles. The summed E-state index contributed by atoms with van der Waals surface area (Å²) in [6.45, 7) is 1.60. The van der Waals surface area contributed by atoms with Crippen LogP contribution in [-0.4, -0.2) is 23.5 Å². The Kier molecular flexibility index (Phi) is 1.29. The maximum atomic E-state index is 10.5. The van der Waals surface area contributed by atoms with Gasteiger partial charge in [0.15, 0.2) is 0 Å². The van der Waals surface area contributed by atoms with Crippen LogP contribution in [0, 0.1) is 6.54 Å². The van der Waals surface area contributed by atoms with Crippen LogP contribution >= 0.6 is 11.6 Å². The van der Waals surface area contributed by atoms with E-state index in [2.05, 4.69) is 5.32 Å². The van der Waals surface area contributed by atoms with Crippen molar-refractivity contribution in [2.45, 2.75) is 5.50 Å². The van der Waals surface area contributed by atoms with Gasteiger partial charge < -0.3 is 10.2 Å². The molecule has 1 heterocycles. The number of alkyl halides is 1. The number of rotatable bonds is 0. The van der Waals surface area contributed by atoms with Gasteiger partial charge in [0.25, 0.3) is 0 Å². The number of urea groups is 1. The first-order valence-corrected chi connectivity index (χ1v) is 2.66. The molecule has 0 aromatic heterocycles. The number of carbonyl (C=O) groups is 1. The molecule has 1 rings (SSSR count). The Labute approximate surface area is 52.6 Å². The fourth-order valence-electron chi connectivity index (χ4n) is 0.521. The van der Waals surface area contributed by atoms with Crippen molar-refractivity contribution in [3.63, 3.8) is 0 Å². The fourth-order valence-corrected chi connectivity index (χ4v) is 0.783. The van der Waals surface area contributed by atoms with E-state index in [-0.39, 0.29) is 11.5 Å². The van der Waals surface area contributed by atoms with E-state index in [4.69, 9.17) is 11.6 Å². The summed E-state index contributed by atoms with van der Waals surface area (Å²) in [7, 11) is 1.65. The van der Waals surface area contributed by atoms with Gasteiger partial charge in [-0.25, -0.2) is 4.79 Å². The van der Waals surface area contributed by atoms with E-state index in [1.165, 1.54) is 4.90 Å². The number of halogens is 1. The Morgan fingerprint density at radius 2 is 2.62 bits per heavy atom. The third-order valence-electron chi connectivity index (χ3n) is 0.936. The monoisotopic (exact) mass is 133 g/mol. The average Bonchev–Trinajstić information content (AvgIpc) is 1.85. The highest BCUT2D eigenvalue weighted by molar-refractivity contribution is 6.23. The molecule has 0 saturated carbocycles. The summed E-state index contributed by atoms with van der Waals surface area (Å²) in [6, 6.07) is -0.148. The molecule has 1 aliphatic rings. The Morgan fingerprint density at radius 1 is 2.00 bits per heavy atom. The summed E-state index contributed by atoms with van der Waals surface area (Å²) >= 11 is 5.47. The molecule has 1 radical (unpaired) electrons. The zero-order valence-corrected chi connectivity index (χ0v) is 5.14. The molecular formula is C4H6ClN2O. The highest BCUT2D eigenvalue weighted by atomic mass is 35.5. The van der Waals surface area contributed by atoms with E-state index >= 15 is 0 Å². The Hall–Kier alpha value is -0.440. The second-order valence-electron chi connectivity index (χ2n) is 1.61.